The van der Waals surface area contributed by atoms with Gasteiger partial charge in [-0.3, -0.25) is 4.40 Å². The number of fused-ring (bicyclic) bond motifs is 1. The van der Waals surface area contributed by atoms with Crippen LogP contribution in [0.1, 0.15) is 22.5 Å². The van der Waals surface area contributed by atoms with Crippen LogP contribution in [0.3, 0.4) is 0 Å². The molecule has 2 heterocycles. The molecular weight excluding hydrogens is 397 g/mol. The molecule has 0 fully saturated rings. The maximum Gasteiger partial charge on any atom is 0.416 e. The van der Waals surface area contributed by atoms with Gasteiger partial charge in [-0.1, -0.05) is 23.6 Å². The summed E-state index contributed by atoms with van der Waals surface area (Å²) in [6, 6.07) is 8.34. The summed E-state index contributed by atoms with van der Waals surface area (Å²) in [6.45, 7) is 0.0507. The van der Waals surface area contributed by atoms with Gasteiger partial charge in [0.25, 0.3) is 0 Å². The first-order valence-corrected chi connectivity index (χ1v) is 9.46. The summed E-state index contributed by atoms with van der Waals surface area (Å²) in [6.07, 6.45) is -2.75. The number of halogens is 4. The van der Waals surface area contributed by atoms with Gasteiger partial charge >= 0.3 is 6.18 Å². The van der Waals surface area contributed by atoms with E-state index < -0.39 is 11.7 Å². The topological polar surface area (TPSA) is 37.5 Å². The van der Waals surface area contributed by atoms with Crippen molar-refractivity contribution in [2.45, 2.75) is 11.9 Å². The van der Waals surface area contributed by atoms with E-state index in [0.717, 1.165) is 12.1 Å². The van der Waals surface area contributed by atoms with Gasteiger partial charge in [0.05, 0.1) is 22.9 Å². The van der Waals surface area contributed by atoms with Crippen LogP contribution in [0.2, 0.25) is 5.02 Å². The smallest absolute Gasteiger partial charge is 0.396 e. The highest BCUT2D eigenvalue weighted by molar-refractivity contribution is 7.98. The highest BCUT2D eigenvalue weighted by Gasteiger charge is 2.30. The van der Waals surface area contributed by atoms with Crippen molar-refractivity contribution in [2.75, 3.05) is 12.4 Å². The Morgan fingerprint density at radius 1 is 1.19 bits per heavy atom. The first-order valence-electron chi connectivity index (χ1n) is 7.93. The third-order valence-corrected chi connectivity index (χ3v) is 4.82. The van der Waals surface area contributed by atoms with Crippen molar-refractivity contribution in [1.82, 2.24) is 9.38 Å². The van der Waals surface area contributed by atoms with Crippen LogP contribution >= 0.6 is 23.4 Å². The van der Waals surface area contributed by atoms with E-state index in [1.165, 1.54) is 23.9 Å². The summed E-state index contributed by atoms with van der Waals surface area (Å²) in [7, 11) is 0. The van der Waals surface area contributed by atoms with E-state index in [0.29, 0.717) is 33.6 Å². The number of benzene rings is 1. The number of aromatic nitrogens is 2. The fourth-order valence-electron chi connectivity index (χ4n) is 2.44. The Balaban J connectivity index is 2.02. The summed E-state index contributed by atoms with van der Waals surface area (Å²) < 4.78 is 40.3. The third kappa shape index (κ3) is 4.78. The maximum atomic E-state index is 12.9. The summed E-state index contributed by atoms with van der Waals surface area (Å²) in [4.78, 5) is 4.51. The molecule has 0 saturated heterocycles. The van der Waals surface area contributed by atoms with Crippen LogP contribution in [0.5, 0.6) is 0 Å². The molecule has 3 rings (SSSR count). The molecule has 2 aromatic heterocycles. The molecule has 140 valence electrons. The fourth-order valence-corrected chi connectivity index (χ4v) is 3.27. The number of aliphatic hydroxyl groups excluding tert-OH is 1. The number of nitrogens with zero attached hydrogens (tertiary/aromatic N) is 2. The molecular formula is C19H14ClF3N2OS. The molecule has 0 aliphatic rings. The second-order valence-corrected chi connectivity index (χ2v) is 7.13. The Morgan fingerprint density at radius 3 is 2.74 bits per heavy atom. The van der Waals surface area contributed by atoms with E-state index in [1.54, 1.807) is 22.7 Å². The van der Waals surface area contributed by atoms with Crippen molar-refractivity contribution in [3.05, 3.63) is 70.1 Å². The molecule has 8 heteroatoms. The average molecular weight is 411 g/mol. The van der Waals surface area contributed by atoms with Crippen molar-refractivity contribution < 1.29 is 18.3 Å². The van der Waals surface area contributed by atoms with Crippen molar-refractivity contribution in [3.8, 4) is 11.8 Å². The van der Waals surface area contributed by atoms with E-state index in [2.05, 4.69) is 16.8 Å². The minimum Gasteiger partial charge on any atom is -0.396 e. The molecule has 1 aromatic carbocycles. The van der Waals surface area contributed by atoms with E-state index in [1.807, 2.05) is 0 Å². The summed E-state index contributed by atoms with van der Waals surface area (Å²) in [5.74, 6) is 6.79. The zero-order valence-corrected chi connectivity index (χ0v) is 15.5. The molecule has 0 atom stereocenters. The van der Waals surface area contributed by atoms with Crippen LogP contribution in [0.4, 0.5) is 13.2 Å². The maximum absolute atomic E-state index is 12.9. The Bertz CT molecular complexity index is 1020. The lowest BCUT2D eigenvalue weighted by atomic mass is 10.1. The van der Waals surface area contributed by atoms with Gasteiger partial charge in [0.15, 0.2) is 0 Å². The quantitative estimate of drug-likeness (QED) is 0.503. The van der Waals surface area contributed by atoms with Gasteiger partial charge in [-0.2, -0.15) is 24.9 Å². The second-order valence-electron chi connectivity index (χ2n) is 5.59. The largest absolute Gasteiger partial charge is 0.416 e. The van der Waals surface area contributed by atoms with Crippen LogP contribution in [0.25, 0.3) is 5.65 Å². The van der Waals surface area contributed by atoms with Crippen molar-refractivity contribution in [1.29, 1.82) is 0 Å². The first kappa shape index (κ1) is 19.6. The minimum atomic E-state index is -4.42. The normalized spacial score (nSPS) is 11.4. The molecule has 0 aliphatic carbocycles. The number of hydrogen-bond donors (Lipinski definition) is 1. The monoisotopic (exact) mass is 410 g/mol. The van der Waals surface area contributed by atoms with Crippen LogP contribution in [-0.2, 0) is 11.9 Å². The molecule has 1 N–H and O–H groups in total. The molecule has 0 bridgehead atoms. The van der Waals surface area contributed by atoms with E-state index in [9.17, 15) is 13.2 Å². The van der Waals surface area contributed by atoms with Gasteiger partial charge in [0.2, 0.25) is 0 Å². The van der Waals surface area contributed by atoms with Crippen LogP contribution in [0.15, 0.2) is 42.6 Å². The number of rotatable bonds is 4. The zero-order valence-electron chi connectivity index (χ0n) is 13.9. The summed E-state index contributed by atoms with van der Waals surface area (Å²) in [5, 5.41) is 9.45. The predicted molar refractivity (Wildman–Crippen MR) is 101 cm³/mol. The van der Waals surface area contributed by atoms with Gasteiger partial charge in [0, 0.05) is 23.3 Å². The number of thioether (sulfide) groups is 1. The molecule has 0 radical (unpaired) electrons. The zero-order chi connectivity index (χ0) is 19.4. The molecule has 3 aromatic rings. The molecule has 27 heavy (non-hydrogen) atoms. The number of aliphatic hydroxyl groups is 1. The van der Waals surface area contributed by atoms with Gasteiger partial charge in [-0.25, -0.2) is 4.98 Å². The summed E-state index contributed by atoms with van der Waals surface area (Å²) >= 11 is 7.55. The molecule has 0 unspecified atom stereocenters. The molecule has 0 amide bonds. The highest BCUT2D eigenvalue weighted by atomic mass is 35.5. The van der Waals surface area contributed by atoms with E-state index in [4.69, 9.17) is 16.7 Å². The third-order valence-electron chi connectivity index (χ3n) is 3.64. The van der Waals surface area contributed by atoms with Crippen molar-refractivity contribution in [2.24, 2.45) is 0 Å². The molecule has 0 aliphatic heterocycles. The average Bonchev–Trinajstić information content (AvgIpc) is 2.96. The fraction of sp³-hybridized carbons (Fsp3) is 0.211. The number of alkyl halides is 3. The Labute approximate surface area is 163 Å². The Morgan fingerprint density at radius 2 is 2.00 bits per heavy atom. The lowest BCUT2D eigenvalue weighted by molar-refractivity contribution is -0.137. The van der Waals surface area contributed by atoms with Crippen molar-refractivity contribution in [3.63, 3.8) is 0 Å². The van der Waals surface area contributed by atoms with E-state index >= 15 is 0 Å². The standard InChI is InChI=1S/C19H14ClF3N2OS/c20-15-5-7-18-24-16(12-27-9-8-26)17(25(18)11-15)6-4-13-2-1-3-14(10-13)19(21,22)23/h1-3,5,7,10-11,26H,8-9,12H2. The van der Waals surface area contributed by atoms with Crippen LogP contribution in [0, 0.1) is 11.8 Å². The van der Waals surface area contributed by atoms with E-state index in [-0.39, 0.29) is 12.2 Å². The Kier molecular flexibility index (Phi) is 6.00. The molecule has 0 spiro atoms. The summed E-state index contributed by atoms with van der Waals surface area (Å²) in [5.41, 5.74) is 1.42. The number of pyridine rings is 1. The number of hydrogen-bond acceptors (Lipinski definition) is 3. The predicted octanol–water partition coefficient (Wildman–Crippen LogP) is 4.63. The molecule has 3 nitrogen and oxygen atoms in total. The number of imidazole rings is 1. The minimum absolute atomic E-state index is 0.0507. The van der Waals surface area contributed by atoms with Crippen molar-refractivity contribution >= 4 is 29.0 Å². The first-order chi connectivity index (χ1) is 12.9. The van der Waals surface area contributed by atoms with Crippen LogP contribution < -0.4 is 0 Å². The van der Waals surface area contributed by atoms with Gasteiger partial charge in [0.1, 0.15) is 11.3 Å². The highest BCUT2D eigenvalue weighted by Crippen LogP contribution is 2.29. The lowest BCUT2D eigenvalue weighted by Crippen LogP contribution is -2.04. The van der Waals surface area contributed by atoms with Gasteiger partial charge in [-0.05, 0) is 36.3 Å². The lowest BCUT2D eigenvalue weighted by Gasteiger charge is -2.05. The van der Waals surface area contributed by atoms with Gasteiger partial charge < -0.3 is 5.11 Å². The Hall–Kier alpha value is -2.14. The van der Waals surface area contributed by atoms with Gasteiger partial charge in [-0.15, -0.1) is 0 Å². The molecule has 0 saturated carbocycles. The SMILES string of the molecule is OCCSCc1nc2ccc(Cl)cn2c1C#Cc1cccc(C(F)(F)F)c1. The second kappa shape index (κ2) is 8.26. The van der Waals surface area contributed by atoms with Crippen LogP contribution in [-0.4, -0.2) is 26.9 Å².